The molecule has 1 aromatic carbocycles. The molecule has 0 atom stereocenters. The number of thiazole rings is 1. The maximum Gasteiger partial charge on any atom is 0.211 e. The van der Waals surface area contributed by atoms with Gasteiger partial charge in [-0.25, -0.2) is 4.98 Å². The van der Waals surface area contributed by atoms with E-state index in [0.717, 1.165) is 16.1 Å². The Balaban J connectivity index is 2.00. The number of anilines is 1. The Bertz CT molecular complexity index is 710. The number of benzene rings is 1. The van der Waals surface area contributed by atoms with Gasteiger partial charge in [-0.1, -0.05) is 19.8 Å². The van der Waals surface area contributed by atoms with Gasteiger partial charge in [0.1, 0.15) is 0 Å². The fourth-order valence-electron chi connectivity index (χ4n) is 3.36. The van der Waals surface area contributed by atoms with Crippen LogP contribution in [0.15, 0.2) is 12.1 Å². The van der Waals surface area contributed by atoms with E-state index in [1.54, 1.807) is 25.2 Å². The topological polar surface area (TPSA) is 62.2 Å². The van der Waals surface area contributed by atoms with Crippen molar-refractivity contribution in [3.05, 3.63) is 22.7 Å². The summed E-state index contributed by atoms with van der Waals surface area (Å²) >= 11 is 1.72. The van der Waals surface area contributed by atoms with Crippen molar-refractivity contribution in [1.29, 1.82) is 0 Å². The molecule has 0 saturated heterocycles. The van der Waals surface area contributed by atoms with Gasteiger partial charge in [0.2, 0.25) is 6.41 Å². The van der Waals surface area contributed by atoms with Crippen LogP contribution in [0.5, 0.6) is 0 Å². The summed E-state index contributed by atoms with van der Waals surface area (Å²) in [7, 11) is 0. The Morgan fingerprint density at radius 3 is 2.61 bits per heavy atom. The molecule has 0 radical (unpaired) electrons. The second-order valence-electron chi connectivity index (χ2n) is 7.20. The highest BCUT2D eigenvalue weighted by molar-refractivity contribution is 7.18. The SMILES string of the molecule is CC1CCC(c2nc3cc(C(C)(C)O)c(NC=O)cc3s2)CC1. The van der Waals surface area contributed by atoms with Crippen molar-refractivity contribution in [3.63, 3.8) is 0 Å². The van der Waals surface area contributed by atoms with Gasteiger partial charge in [0.15, 0.2) is 0 Å². The van der Waals surface area contributed by atoms with E-state index >= 15 is 0 Å². The number of rotatable bonds is 4. The fraction of sp³-hybridized carbons (Fsp3) is 0.556. The number of carbonyl (C=O) groups is 1. The van der Waals surface area contributed by atoms with Gasteiger partial charge >= 0.3 is 0 Å². The number of nitrogens with zero attached hydrogens (tertiary/aromatic N) is 1. The molecule has 1 amide bonds. The van der Waals surface area contributed by atoms with E-state index in [4.69, 9.17) is 4.98 Å². The van der Waals surface area contributed by atoms with Crippen molar-refractivity contribution in [2.75, 3.05) is 5.32 Å². The minimum absolute atomic E-state index is 0.552. The molecule has 124 valence electrons. The smallest absolute Gasteiger partial charge is 0.211 e. The molecule has 0 unspecified atom stereocenters. The van der Waals surface area contributed by atoms with Crippen molar-refractivity contribution in [2.24, 2.45) is 5.92 Å². The van der Waals surface area contributed by atoms with E-state index < -0.39 is 5.60 Å². The first kappa shape index (κ1) is 16.4. The van der Waals surface area contributed by atoms with Crippen molar-refractivity contribution >= 4 is 33.7 Å². The van der Waals surface area contributed by atoms with Crippen LogP contribution in [0.2, 0.25) is 0 Å². The van der Waals surface area contributed by atoms with E-state index in [1.807, 2.05) is 12.1 Å². The minimum Gasteiger partial charge on any atom is -0.386 e. The fourth-order valence-corrected chi connectivity index (χ4v) is 4.52. The molecule has 2 N–H and O–H groups in total. The van der Waals surface area contributed by atoms with Crippen LogP contribution in [0.4, 0.5) is 5.69 Å². The predicted molar refractivity (Wildman–Crippen MR) is 94.9 cm³/mol. The molecule has 3 rings (SSSR count). The molecule has 1 saturated carbocycles. The molecule has 4 nitrogen and oxygen atoms in total. The number of nitrogens with one attached hydrogen (secondary N) is 1. The average molecular weight is 332 g/mol. The van der Waals surface area contributed by atoms with Crippen molar-refractivity contribution in [1.82, 2.24) is 4.98 Å². The number of hydrogen-bond donors (Lipinski definition) is 2. The summed E-state index contributed by atoms with van der Waals surface area (Å²) < 4.78 is 1.07. The second kappa shape index (κ2) is 6.21. The highest BCUT2D eigenvalue weighted by Crippen LogP contribution is 2.40. The molecule has 1 heterocycles. The lowest BCUT2D eigenvalue weighted by Gasteiger charge is -2.24. The summed E-state index contributed by atoms with van der Waals surface area (Å²) in [6.45, 7) is 5.77. The Labute approximate surface area is 140 Å². The molecule has 0 aliphatic heterocycles. The first-order valence-electron chi connectivity index (χ1n) is 8.26. The minimum atomic E-state index is -1.02. The van der Waals surface area contributed by atoms with Gasteiger partial charge in [-0.3, -0.25) is 4.79 Å². The van der Waals surface area contributed by atoms with E-state index in [9.17, 15) is 9.90 Å². The van der Waals surface area contributed by atoms with Crippen LogP contribution in [0.1, 0.15) is 62.9 Å². The van der Waals surface area contributed by atoms with Crippen LogP contribution < -0.4 is 5.32 Å². The van der Waals surface area contributed by atoms with Gasteiger partial charge in [-0.15, -0.1) is 11.3 Å². The van der Waals surface area contributed by atoms with Gasteiger partial charge in [-0.05, 0) is 44.7 Å². The van der Waals surface area contributed by atoms with Gasteiger partial charge in [0, 0.05) is 17.2 Å². The maximum atomic E-state index is 10.9. The summed E-state index contributed by atoms with van der Waals surface area (Å²) in [6.07, 6.45) is 5.61. The van der Waals surface area contributed by atoms with Crippen molar-refractivity contribution in [3.8, 4) is 0 Å². The molecule has 1 aliphatic carbocycles. The van der Waals surface area contributed by atoms with Crippen LogP contribution in [-0.4, -0.2) is 16.5 Å². The van der Waals surface area contributed by atoms with Crippen LogP contribution in [0.3, 0.4) is 0 Å². The van der Waals surface area contributed by atoms with Crippen LogP contribution in [-0.2, 0) is 10.4 Å². The number of fused-ring (bicyclic) bond motifs is 1. The molecule has 2 aromatic rings. The lowest BCUT2D eigenvalue weighted by atomic mass is 9.83. The molecule has 1 aromatic heterocycles. The van der Waals surface area contributed by atoms with Crippen LogP contribution in [0.25, 0.3) is 10.2 Å². The Morgan fingerprint density at radius 2 is 2.00 bits per heavy atom. The lowest BCUT2D eigenvalue weighted by Crippen LogP contribution is -2.18. The number of carbonyl (C=O) groups excluding carboxylic acids is 1. The van der Waals surface area contributed by atoms with Crippen LogP contribution in [0, 0.1) is 5.92 Å². The standard InChI is InChI=1S/C18H24N2O2S/c1-11-4-6-12(7-5-11)17-20-15-8-13(18(2,3)22)14(19-10-21)9-16(15)23-17/h8-12,22H,4-7H2,1-3H3,(H,19,21). The van der Waals surface area contributed by atoms with E-state index in [0.29, 0.717) is 23.6 Å². The Morgan fingerprint density at radius 1 is 1.30 bits per heavy atom. The van der Waals surface area contributed by atoms with Crippen LogP contribution >= 0.6 is 11.3 Å². The van der Waals surface area contributed by atoms with E-state index in [2.05, 4.69) is 12.2 Å². The zero-order valence-electron chi connectivity index (χ0n) is 13.9. The third-order valence-corrected chi connectivity index (χ3v) is 5.96. The van der Waals surface area contributed by atoms with Gasteiger partial charge in [0.25, 0.3) is 0 Å². The third kappa shape index (κ3) is 3.40. The van der Waals surface area contributed by atoms with E-state index in [-0.39, 0.29) is 0 Å². The number of hydrogen-bond acceptors (Lipinski definition) is 4. The van der Waals surface area contributed by atoms with Gasteiger partial charge < -0.3 is 10.4 Å². The molecule has 5 heteroatoms. The third-order valence-electron chi connectivity index (χ3n) is 4.78. The highest BCUT2D eigenvalue weighted by atomic mass is 32.1. The van der Waals surface area contributed by atoms with Crippen molar-refractivity contribution < 1.29 is 9.90 Å². The summed E-state index contributed by atoms with van der Waals surface area (Å²) in [6, 6.07) is 3.84. The zero-order chi connectivity index (χ0) is 16.6. The van der Waals surface area contributed by atoms with Gasteiger partial charge in [0.05, 0.1) is 20.8 Å². The van der Waals surface area contributed by atoms with Crippen molar-refractivity contribution in [2.45, 2.75) is 58.0 Å². The lowest BCUT2D eigenvalue weighted by molar-refractivity contribution is -0.105. The largest absolute Gasteiger partial charge is 0.386 e. The number of aliphatic hydroxyl groups is 1. The first-order valence-corrected chi connectivity index (χ1v) is 9.07. The Hall–Kier alpha value is -1.46. The highest BCUT2D eigenvalue weighted by Gasteiger charge is 2.25. The molecular weight excluding hydrogens is 308 g/mol. The first-order chi connectivity index (χ1) is 10.9. The summed E-state index contributed by atoms with van der Waals surface area (Å²) in [4.78, 5) is 15.7. The molecule has 0 bridgehead atoms. The normalized spacial score (nSPS) is 22.3. The second-order valence-corrected chi connectivity index (χ2v) is 8.26. The molecule has 0 spiro atoms. The Kier molecular flexibility index (Phi) is 4.43. The summed E-state index contributed by atoms with van der Waals surface area (Å²) in [5, 5.41) is 14.3. The van der Waals surface area contributed by atoms with E-state index in [1.165, 1.54) is 30.7 Å². The molecule has 1 fully saturated rings. The molecule has 23 heavy (non-hydrogen) atoms. The molecule has 1 aliphatic rings. The average Bonchev–Trinajstić information content (AvgIpc) is 2.89. The van der Waals surface area contributed by atoms with Gasteiger partial charge in [-0.2, -0.15) is 0 Å². The number of amides is 1. The molecular formula is C18H24N2O2S. The predicted octanol–water partition coefficient (Wildman–Crippen LogP) is 4.39. The quantitative estimate of drug-likeness (QED) is 0.817. The summed E-state index contributed by atoms with van der Waals surface area (Å²) in [5.74, 6) is 1.38. The zero-order valence-corrected chi connectivity index (χ0v) is 14.7. The monoisotopic (exact) mass is 332 g/mol. The maximum absolute atomic E-state index is 10.9. The summed E-state index contributed by atoms with van der Waals surface area (Å²) in [5.41, 5.74) is 1.25. The number of aromatic nitrogens is 1.